The zero-order valence-electron chi connectivity index (χ0n) is 14.7. The van der Waals surface area contributed by atoms with Gasteiger partial charge in [0.2, 0.25) is 0 Å². The summed E-state index contributed by atoms with van der Waals surface area (Å²) < 4.78 is 0. The number of aliphatic hydroxyl groups is 1. The van der Waals surface area contributed by atoms with Gasteiger partial charge in [0.25, 0.3) is 17.5 Å². The van der Waals surface area contributed by atoms with Crippen LogP contribution in [0.1, 0.15) is 28.4 Å². The first-order valence-corrected chi connectivity index (χ1v) is 8.11. The van der Waals surface area contributed by atoms with Crippen molar-refractivity contribution in [2.75, 3.05) is 0 Å². The van der Waals surface area contributed by atoms with E-state index in [0.717, 1.165) is 0 Å². The number of nitro benzene ring substituents is 1. The Morgan fingerprint density at radius 2 is 1.54 bits per heavy atom. The minimum atomic E-state index is -1.31. The second-order valence-electron chi connectivity index (χ2n) is 5.80. The molecule has 0 radical (unpaired) electrons. The van der Waals surface area contributed by atoms with E-state index in [4.69, 9.17) is 5.21 Å². The molecule has 2 rings (SSSR count). The molecule has 0 saturated heterocycles. The van der Waals surface area contributed by atoms with Gasteiger partial charge in [-0.15, -0.1) is 0 Å². The summed E-state index contributed by atoms with van der Waals surface area (Å²) in [6.45, 7) is 1.30. The van der Waals surface area contributed by atoms with E-state index in [1.54, 1.807) is 12.1 Å². The fourth-order valence-electron chi connectivity index (χ4n) is 2.22. The highest BCUT2D eigenvalue weighted by atomic mass is 16.6. The first-order valence-electron chi connectivity index (χ1n) is 8.11. The quantitative estimate of drug-likeness (QED) is 0.262. The fraction of sp³-hybridized carbons (Fsp3) is 0.158. The number of carbonyl (C=O) groups is 2. The highest BCUT2D eigenvalue weighted by Crippen LogP contribution is 2.11. The molecule has 2 aromatic carbocycles. The maximum absolute atomic E-state index is 12.2. The summed E-state index contributed by atoms with van der Waals surface area (Å²) in [6.07, 6.45) is -1.21. The van der Waals surface area contributed by atoms with Gasteiger partial charge in [0, 0.05) is 28.8 Å². The lowest BCUT2D eigenvalue weighted by atomic mass is 10.1. The van der Waals surface area contributed by atoms with E-state index in [1.807, 2.05) is 0 Å². The molecule has 2 atom stereocenters. The summed E-state index contributed by atoms with van der Waals surface area (Å²) >= 11 is 0. The maximum atomic E-state index is 12.2. The zero-order valence-corrected chi connectivity index (χ0v) is 14.7. The molecule has 0 aromatic heterocycles. The molecule has 0 saturated carbocycles. The highest BCUT2D eigenvalue weighted by molar-refractivity contribution is 5.97. The van der Waals surface area contributed by atoms with Crippen LogP contribution >= 0.6 is 0 Å². The van der Waals surface area contributed by atoms with Crippen molar-refractivity contribution in [3.8, 4) is 11.8 Å². The van der Waals surface area contributed by atoms with Gasteiger partial charge in [-0.05, 0) is 43.3 Å². The van der Waals surface area contributed by atoms with Crippen molar-refractivity contribution in [2.24, 2.45) is 0 Å². The minimum Gasteiger partial charge on any atom is -0.391 e. The number of amides is 2. The molecule has 0 spiro atoms. The summed E-state index contributed by atoms with van der Waals surface area (Å²) in [5, 5.41) is 31.1. The lowest BCUT2D eigenvalue weighted by molar-refractivity contribution is -0.384. The van der Waals surface area contributed by atoms with Crippen LogP contribution in [-0.4, -0.2) is 39.2 Å². The van der Waals surface area contributed by atoms with Crippen molar-refractivity contribution in [2.45, 2.75) is 19.1 Å². The Balaban J connectivity index is 2.08. The van der Waals surface area contributed by atoms with Gasteiger partial charge in [0.15, 0.2) is 0 Å². The van der Waals surface area contributed by atoms with Gasteiger partial charge in [0.1, 0.15) is 6.04 Å². The molecule has 9 nitrogen and oxygen atoms in total. The standard InChI is InChI=1S/C19H17N3O6/c1-12(23)17(19(25)21-26)20-18(24)15-8-4-13(5-9-15)2-3-14-6-10-16(11-7-14)22(27)28/h4-12,17,23,26H,1H3,(H,20,24)(H,21,25)/t12-,17+/m1/s1. The Kier molecular flexibility index (Phi) is 6.81. The number of rotatable bonds is 5. The molecule has 0 aliphatic carbocycles. The number of benzene rings is 2. The number of hydroxylamine groups is 1. The average molecular weight is 383 g/mol. The molecule has 144 valence electrons. The first kappa shape index (κ1) is 20.6. The van der Waals surface area contributed by atoms with E-state index in [0.29, 0.717) is 11.1 Å². The van der Waals surface area contributed by atoms with Crippen molar-refractivity contribution < 1.29 is 24.8 Å². The van der Waals surface area contributed by atoms with E-state index in [9.17, 15) is 24.8 Å². The van der Waals surface area contributed by atoms with E-state index < -0.39 is 28.9 Å². The van der Waals surface area contributed by atoms with Crippen molar-refractivity contribution >= 4 is 17.5 Å². The Labute approximate surface area is 160 Å². The largest absolute Gasteiger partial charge is 0.391 e. The predicted octanol–water partition coefficient (Wildman–Crippen LogP) is 0.979. The van der Waals surface area contributed by atoms with E-state index >= 15 is 0 Å². The number of nitro groups is 1. The van der Waals surface area contributed by atoms with Gasteiger partial charge >= 0.3 is 0 Å². The molecule has 0 heterocycles. The summed E-state index contributed by atoms with van der Waals surface area (Å²) in [7, 11) is 0. The number of nitrogens with zero attached hydrogens (tertiary/aromatic N) is 1. The molecule has 0 fully saturated rings. The molecule has 4 N–H and O–H groups in total. The Morgan fingerprint density at radius 3 is 1.96 bits per heavy atom. The summed E-state index contributed by atoms with van der Waals surface area (Å²) in [6, 6.07) is 10.7. The number of non-ortho nitro benzene ring substituents is 1. The Morgan fingerprint density at radius 1 is 1.04 bits per heavy atom. The Bertz CT molecular complexity index is 927. The fourth-order valence-corrected chi connectivity index (χ4v) is 2.22. The molecule has 0 bridgehead atoms. The predicted molar refractivity (Wildman–Crippen MR) is 98.4 cm³/mol. The summed E-state index contributed by atoms with van der Waals surface area (Å²) in [4.78, 5) is 33.8. The van der Waals surface area contributed by atoms with Gasteiger partial charge in [-0.25, -0.2) is 5.48 Å². The van der Waals surface area contributed by atoms with Crippen molar-refractivity contribution in [1.29, 1.82) is 0 Å². The molecular weight excluding hydrogens is 366 g/mol. The molecule has 2 amide bonds. The number of nitrogens with one attached hydrogen (secondary N) is 2. The molecule has 0 unspecified atom stereocenters. The monoisotopic (exact) mass is 383 g/mol. The van der Waals surface area contributed by atoms with Crippen molar-refractivity contribution in [1.82, 2.24) is 10.8 Å². The number of aliphatic hydroxyl groups excluding tert-OH is 1. The van der Waals surface area contributed by atoms with Crippen LogP contribution in [0.2, 0.25) is 0 Å². The van der Waals surface area contributed by atoms with Crippen LogP contribution in [0, 0.1) is 22.0 Å². The smallest absolute Gasteiger partial charge is 0.269 e. The van der Waals surface area contributed by atoms with Crippen LogP contribution in [0.5, 0.6) is 0 Å². The van der Waals surface area contributed by atoms with Crippen LogP contribution in [0.3, 0.4) is 0 Å². The molecule has 0 aliphatic rings. The van der Waals surface area contributed by atoms with Crippen LogP contribution < -0.4 is 10.8 Å². The summed E-state index contributed by atoms with van der Waals surface area (Å²) in [5.74, 6) is 4.19. The van der Waals surface area contributed by atoms with Gasteiger partial charge < -0.3 is 10.4 Å². The Hall–Kier alpha value is -3.74. The SMILES string of the molecule is C[C@@H](O)[C@H](NC(=O)c1ccc(C#Cc2ccc([N+](=O)[O-])cc2)cc1)C(=O)NO. The molecule has 2 aromatic rings. The third-order valence-electron chi connectivity index (χ3n) is 3.74. The van der Waals surface area contributed by atoms with E-state index in [2.05, 4.69) is 17.2 Å². The van der Waals surface area contributed by atoms with Crippen molar-refractivity contribution in [3.63, 3.8) is 0 Å². The molecule has 28 heavy (non-hydrogen) atoms. The minimum absolute atomic E-state index is 0.0219. The third-order valence-corrected chi connectivity index (χ3v) is 3.74. The molecule has 0 aliphatic heterocycles. The van der Waals surface area contributed by atoms with E-state index in [-0.39, 0.29) is 11.3 Å². The second kappa shape index (κ2) is 9.27. The van der Waals surface area contributed by atoms with Gasteiger partial charge in [-0.3, -0.25) is 24.9 Å². The topological polar surface area (TPSA) is 142 Å². The summed E-state index contributed by atoms with van der Waals surface area (Å²) in [5.41, 5.74) is 2.80. The van der Waals surface area contributed by atoms with Gasteiger partial charge in [0.05, 0.1) is 11.0 Å². The highest BCUT2D eigenvalue weighted by Gasteiger charge is 2.25. The van der Waals surface area contributed by atoms with Crippen LogP contribution in [0.15, 0.2) is 48.5 Å². The average Bonchev–Trinajstić information content (AvgIpc) is 2.70. The van der Waals surface area contributed by atoms with Crippen LogP contribution in [-0.2, 0) is 4.79 Å². The second-order valence-corrected chi connectivity index (χ2v) is 5.80. The third kappa shape index (κ3) is 5.38. The van der Waals surface area contributed by atoms with Gasteiger partial charge in [-0.1, -0.05) is 11.8 Å². The molecule has 9 heteroatoms. The van der Waals surface area contributed by atoms with Crippen molar-refractivity contribution in [3.05, 3.63) is 75.3 Å². The zero-order chi connectivity index (χ0) is 20.7. The normalized spacial score (nSPS) is 12.1. The van der Waals surface area contributed by atoms with Crippen LogP contribution in [0.4, 0.5) is 5.69 Å². The lowest BCUT2D eigenvalue weighted by Crippen LogP contribution is -2.51. The van der Waals surface area contributed by atoms with E-state index in [1.165, 1.54) is 48.8 Å². The number of carbonyl (C=O) groups excluding carboxylic acids is 2. The first-order chi connectivity index (χ1) is 13.3. The number of hydrogen-bond donors (Lipinski definition) is 4. The molecular formula is C19H17N3O6. The van der Waals surface area contributed by atoms with Crippen LogP contribution in [0.25, 0.3) is 0 Å². The number of hydrogen-bond acceptors (Lipinski definition) is 6. The van der Waals surface area contributed by atoms with Gasteiger partial charge in [-0.2, -0.15) is 0 Å². The lowest BCUT2D eigenvalue weighted by Gasteiger charge is -2.19. The maximum Gasteiger partial charge on any atom is 0.269 e.